The Kier molecular flexibility index (Phi) is 1.32. The first-order valence-electron chi connectivity index (χ1n) is 4.39. The molecule has 1 fully saturated rings. The zero-order valence-corrected chi connectivity index (χ0v) is 8.33. The van der Waals surface area contributed by atoms with Crippen molar-refractivity contribution in [2.45, 2.75) is 33.7 Å². The van der Waals surface area contributed by atoms with Crippen molar-refractivity contribution >= 4 is 0 Å². The van der Waals surface area contributed by atoms with Crippen LogP contribution in [0.4, 0.5) is 0 Å². The lowest BCUT2D eigenvalue weighted by molar-refractivity contribution is 0.457. The molecule has 0 radical (unpaired) electrons. The molecule has 0 saturated heterocycles. The highest BCUT2D eigenvalue weighted by Gasteiger charge is 2.67. The van der Waals surface area contributed by atoms with Crippen molar-refractivity contribution in [1.82, 2.24) is 20.2 Å². The summed E-state index contributed by atoms with van der Waals surface area (Å²) in [4.78, 5) is 11.3. The van der Waals surface area contributed by atoms with Gasteiger partial charge in [-0.15, -0.1) is 0 Å². The molecule has 5 nitrogen and oxygen atoms in total. The fraction of sp³-hybridized carbons (Fsp3) is 0.875. The SMILES string of the molecule is CC1(C)C(n2nn[nH]c2=O)C1(C)C. The number of rotatable bonds is 1. The van der Waals surface area contributed by atoms with Gasteiger partial charge < -0.3 is 0 Å². The van der Waals surface area contributed by atoms with Gasteiger partial charge in [0.25, 0.3) is 0 Å². The molecular formula is C8H14N4O. The second kappa shape index (κ2) is 2.02. The van der Waals surface area contributed by atoms with Crippen molar-refractivity contribution in [2.24, 2.45) is 10.8 Å². The van der Waals surface area contributed by atoms with Crippen LogP contribution in [0, 0.1) is 10.8 Å². The van der Waals surface area contributed by atoms with Gasteiger partial charge in [-0.05, 0) is 21.3 Å². The molecule has 0 amide bonds. The molecule has 0 atom stereocenters. The van der Waals surface area contributed by atoms with Gasteiger partial charge in [0.1, 0.15) is 0 Å². The third kappa shape index (κ3) is 0.842. The van der Waals surface area contributed by atoms with E-state index in [4.69, 9.17) is 0 Å². The molecule has 0 aliphatic heterocycles. The number of nitrogens with zero attached hydrogens (tertiary/aromatic N) is 3. The summed E-state index contributed by atoms with van der Waals surface area (Å²) in [7, 11) is 0. The predicted molar refractivity (Wildman–Crippen MR) is 47.2 cm³/mol. The highest BCUT2D eigenvalue weighted by atomic mass is 16.2. The summed E-state index contributed by atoms with van der Waals surface area (Å²) in [5, 5.41) is 9.57. The van der Waals surface area contributed by atoms with Crippen LogP contribution in [0.1, 0.15) is 33.7 Å². The van der Waals surface area contributed by atoms with Crippen LogP contribution in [0.2, 0.25) is 0 Å². The van der Waals surface area contributed by atoms with Crippen molar-refractivity contribution in [3.63, 3.8) is 0 Å². The van der Waals surface area contributed by atoms with E-state index in [1.54, 1.807) is 0 Å². The Morgan fingerprint density at radius 3 is 2.15 bits per heavy atom. The average molecular weight is 182 g/mol. The minimum Gasteiger partial charge on any atom is -0.245 e. The Labute approximate surface area is 76.1 Å². The van der Waals surface area contributed by atoms with Gasteiger partial charge in [0.2, 0.25) is 0 Å². The second-order valence-electron chi connectivity index (χ2n) is 4.80. The number of aromatic amines is 1. The molecule has 72 valence electrons. The Morgan fingerprint density at radius 2 is 1.85 bits per heavy atom. The summed E-state index contributed by atoms with van der Waals surface area (Å²) in [6.07, 6.45) is 0. The van der Waals surface area contributed by atoms with Crippen molar-refractivity contribution in [3.8, 4) is 0 Å². The van der Waals surface area contributed by atoms with Gasteiger partial charge >= 0.3 is 5.69 Å². The lowest BCUT2D eigenvalue weighted by Gasteiger charge is -2.02. The summed E-state index contributed by atoms with van der Waals surface area (Å²) < 4.78 is 1.44. The molecule has 1 saturated carbocycles. The van der Waals surface area contributed by atoms with E-state index in [2.05, 4.69) is 43.2 Å². The van der Waals surface area contributed by atoms with E-state index in [0.29, 0.717) is 0 Å². The Bertz CT molecular complexity index is 373. The Morgan fingerprint density at radius 1 is 1.31 bits per heavy atom. The largest absolute Gasteiger partial charge is 0.361 e. The van der Waals surface area contributed by atoms with E-state index in [0.717, 1.165) is 0 Å². The van der Waals surface area contributed by atoms with Crippen LogP contribution in [-0.2, 0) is 0 Å². The maximum atomic E-state index is 11.3. The van der Waals surface area contributed by atoms with Crippen molar-refractivity contribution in [2.75, 3.05) is 0 Å². The second-order valence-corrected chi connectivity index (χ2v) is 4.80. The quantitative estimate of drug-likeness (QED) is 0.690. The molecule has 13 heavy (non-hydrogen) atoms. The third-order valence-electron chi connectivity index (χ3n) is 3.68. The summed E-state index contributed by atoms with van der Waals surface area (Å²) in [5.41, 5.74) is 0.0187. The van der Waals surface area contributed by atoms with Crippen LogP contribution in [-0.4, -0.2) is 20.2 Å². The van der Waals surface area contributed by atoms with Crippen LogP contribution >= 0.6 is 0 Å². The molecule has 1 N–H and O–H groups in total. The monoisotopic (exact) mass is 182 g/mol. The molecule has 2 rings (SSSR count). The fourth-order valence-electron chi connectivity index (χ4n) is 2.15. The van der Waals surface area contributed by atoms with Crippen LogP contribution in [0.15, 0.2) is 4.79 Å². The molecule has 1 heterocycles. The topological polar surface area (TPSA) is 63.6 Å². The molecule has 0 aromatic carbocycles. The number of H-pyrrole nitrogens is 1. The minimum atomic E-state index is -0.219. The molecule has 0 bridgehead atoms. The third-order valence-corrected chi connectivity index (χ3v) is 3.68. The highest BCUT2D eigenvalue weighted by molar-refractivity contribution is 5.14. The summed E-state index contributed by atoms with van der Waals surface area (Å²) in [6, 6.07) is 0.159. The molecule has 0 unspecified atom stereocenters. The molecule has 1 aromatic rings. The van der Waals surface area contributed by atoms with Gasteiger partial charge in [-0.2, -0.15) is 4.68 Å². The minimum absolute atomic E-state index is 0.119. The number of aromatic nitrogens is 4. The standard InChI is InChI=1S/C8H14N4O/c1-7(2)5(8(7,3)4)12-6(13)9-10-11-12/h5H,1-4H3,(H,9,11,13). The van der Waals surface area contributed by atoms with Crippen molar-refractivity contribution in [1.29, 1.82) is 0 Å². The smallest absolute Gasteiger partial charge is 0.245 e. The average Bonchev–Trinajstić information content (AvgIpc) is 2.33. The molecule has 1 aromatic heterocycles. The fourth-order valence-corrected chi connectivity index (χ4v) is 2.15. The van der Waals surface area contributed by atoms with E-state index < -0.39 is 0 Å². The van der Waals surface area contributed by atoms with Gasteiger partial charge in [-0.25, -0.2) is 9.89 Å². The summed E-state index contributed by atoms with van der Waals surface area (Å²) in [5.74, 6) is 0. The number of nitrogens with one attached hydrogen (secondary N) is 1. The number of tetrazole rings is 1. The van der Waals surface area contributed by atoms with Gasteiger partial charge in [0.05, 0.1) is 6.04 Å². The van der Waals surface area contributed by atoms with E-state index >= 15 is 0 Å². The predicted octanol–water partition coefficient (Wildman–Crippen LogP) is 0.573. The van der Waals surface area contributed by atoms with Crippen LogP contribution in [0.25, 0.3) is 0 Å². The van der Waals surface area contributed by atoms with E-state index in [9.17, 15) is 4.79 Å². The van der Waals surface area contributed by atoms with Gasteiger partial charge in [-0.1, -0.05) is 27.7 Å². The van der Waals surface area contributed by atoms with E-state index in [1.807, 2.05) is 0 Å². The van der Waals surface area contributed by atoms with Crippen LogP contribution in [0.5, 0.6) is 0 Å². The highest BCUT2D eigenvalue weighted by Crippen LogP contribution is 2.70. The van der Waals surface area contributed by atoms with Gasteiger partial charge in [0, 0.05) is 0 Å². The van der Waals surface area contributed by atoms with Crippen molar-refractivity contribution < 1.29 is 0 Å². The van der Waals surface area contributed by atoms with E-state index in [1.165, 1.54) is 4.68 Å². The van der Waals surface area contributed by atoms with E-state index in [-0.39, 0.29) is 22.6 Å². The molecule has 5 heteroatoms. The number of hydrogen-bond donors (Lipinski definition) is 1. The first-order chi connectivity index (χ1) is 5.89. The molecule has 1 aliphatic rings. The van der Waals surface area contributed by atoms with Gasteiger partial charge in [-0.3, -0.25) is 0 Å². The van der Waals surface area contributed by atoms with Gasteiger partial charge in [0.15, 0.2) is 0 Å². The molecule has 1 aliphatic carbocycles. The Hall–Kier alpha value is -1.13. The summed E-state index contributed by atoms with van der Waals surface area (Å²) in [6.45, 7) is 8.55. The lowest BCUT2D eigenvalue weighted by atomic mass is 10.0. The van der Waals surface area contributed by atoms with Crippen molar-refractivity contribution in [3.05, 3.63) is 10.5 Å². The normalized spacial score (nSPS) is 24.6. The first-order valence-corrected chi connectivity index (χ1v) is 4.39. The lowest BCUT2D eigenvalue weighted by Crippen LogP contribution is -2.19. The molecule has 0 spiro atoms. The maximum absolute atomic E-state index is 11.3. The maximum Gasteiger partial charge on any atom is 0.361 e. The zero-order valence-electron chi connectivity index (χ0n) is 8.33. The molecular weight excluding hydrogens is 168 g/mol. The first kappa shape index (κ1) is 8.47. The number of hydrogen-bond acceptors (Lipinski definition) is 3. The van der Waals surface area contributed by atoms with Crippen LogP contribution < -0.4 is 5.69 Å². The zero-order chi connectivity index (χ0) is 9.85. The Balaban J connectivity index is 2.43. The summed E-state index contributed by atoms with van der Waals surface area (Å²) >= 11 is 0. The van der Waals surface area contributed by atoms with Crippen LogP contribution in [0.3, 0.4) is 0 Å².